The van der Waals surface area contributed by atoms with Gasteiger partial charge in [0.15, 0.2) is 5.60 Å². The molecule has 1 amide bonds. The van der Waals surface area contributed by atoms with E-state index in [2.05, 4.69) is 5.32 Å². The standard InChI is InChI=1S/C11H10FNO2/c1-6-4-8-9(5-7(6)12)15-11(2-3-11)10(14)13-8/h4-5H,2-3H2,1H3,(H,13,14). The van der Waals surface area contributed by atoms with Crippen LogP contribution in [0.3, 0.4) is 0 Å². The Morgan fingerprint density at radius 1 is 1.47 bits per heavy atom. The van der Waals surface area contributed by atoms with Crippen molar-refractivity contribution in [3.8, 4) is 5.75 Å². The van der Waals surface area contributed by atoms with Gasteiger partial charge in [0, 0.05) is 18.9 Å². The molecule has 1 N–H and O–H groups in total. The summed E-state index contributed by atoms with van der Waals surface area (Å²) in [7, 11) is 0. The molecule has 1 heterocycles. The summed E-state index contributed by atoms with van der Waals surface area (Å²) in [6.45, 7) is 1.66. The number of carbonyl (C=O) groups excluding carboxylic acids is 1. The zero-order valence-electron chi connectivity index (χ0n) is 8.26. The van der Waals surface area contributed by atoms with Crippen LogP contribution in [0.5, 0.6) is 5.75 Å². The molecule has 78 valence electrons. The van der Waals surface area contributed by atoms with Gasteiger partial charge in [-0.05, 0) is 18.6 Å². The molecule has 0 bridgehead atoms. The molecule has 4 heteroatoms. The Morgan fingerprint density at radius 3 is 2.87 bits per heavy atom. The average Bonchev–Trinajstić information content (AvgIpc) is 2.93. The van der Waals surface area contributed by atoms with Crippen LogP contribution >= 0.6 is 0 Å². The predicted molar refractivity (Wildman–Crippen MR) is 52.4 cm³/mol. The molecule has 1 aliphatic carbocycles. The third-order valence-electron chi connectivity index (χ3n) is 2.93. The fraction of sp³-hybridized carbons (Fsp3) is 0.364. The quantitative estimate of drug-likeness (QED) is 0.706. The lowest BCUT2D eigenvalue weighted by Gasteiger charge is -2.26. The molecule has 3 nitrogen and oxygen atoms in total. The number of halogens is 1. The first-order valence-electron chi connectivity index (χ1n) is 4.91. The van der Waals surface area contributed by atoms with Crippen molar-refractivity contribution in [1.29, 1.82) is 0 Å². The van der Waals surface area contributed by atoms with Crippen LogP contribution in [0.1, 0.15) is 18.4 Å². The molecule has 1 aromatic carbocycles. The van der Waals surface area contributed by atoms with E-state index in [0.29, 0.717) is 29.8 Å². The van der Waals surface area contributed by atoms with E-state index in [9.17, 15) is 9.18 Å². The number of nitrogens with one attached hydrogen (secondary N) is 1. The number of amides is 1. The summed E-state index contributed by atoms with van der Waals surface area (Å²) in [6, 6.07) is 2.93. The zero-order valence-corrected chi connectivity index (χ0v) is 8.26. The molecule has 2 aliphatic rings. The van der Waals surface area contributed by atoms with Gasteiger partial charge in [0.1, 0.15) is 11.6 Å². The lowest BCUT2D eigenvalue weighted by atomic mass is 10.1. The van der Waals surface area contributed by atoms with Gasteiger partial charge in [0.05, 0.1) is 5.69 Å². The number of ether oxygens (including phenoxy) is 1. The Labute approximate surface area is 86.2 Å². The number of hydrogen-bond acceptors (Lipinski definition) is 2. The molecule has 0 aromatic heterocycles. The number of hydrogen-bond donors (Lipinski definition) is 1. The lowest BCUT2D eigenvalue weighted by Crippen LogP contribution is -2.39. The van der Waals surface area contributed by atoms with Gasteiger partial charge in [-0.1, -0.05) is 0 Å². The minimum absolute atomic E-state index is 0.110. The Hall–Kier alpha value is -1.58. The summed E-state index contributed by atoms with van der Waals surface area (Å²) in [4.78, 5) is 11.6. The summed E-state index contributed by atoms with van der Waals surface area (Å²) in [5.74, 6) is 0.0249. The van der Waals surface area contributed by atoms with Crippen LogP contribution in [0.4, 0.5) is 10.1 Å². The van der Waals surface area contributed by atoms with Gasteiger partial charge in [-0.2, -0.15) is 0 Å². The topological polar surface area (TPSA) is 38.3 Å². The number of anilines is 1. The fourth-order valence-corrected chi connectivity index (χ4v) is 1.78. The van der Waals surface area contributed by atoms with Gasteiger partial charge in [-0.3, -0.25) is 4.79 Å². The third-order valence-corrected chi connectivity index (χ3v) is 2.93. The van der Waals surface area contributed by atoms with Crippen molar-refractivity contribution in [2.75, 3.05) is 5.32 Å². The molecule has 1 aliphatic heterocycles. The van der Waals surface area contributed by atoms with Gasteiger partial charge in [-0.25, -0.2) is 4.39 Å². The van der Waals surface area contributed by atoms with Crippen LogP contribution in [-0.4, -0.2) is 11.5 Å². The highest BCUT2D eigenvalue weighted by Crippen LogP contribution is 2.47. The van der Waals surface area contributed by atoms with Gasteiger partial charge >= 0.3 is 0 Å². The minimum Gasteiger partial charge on any atom is -0.475 e. The number of aryl methyl sites for hydroxylation is 1. The normalized spacial score (nSPS) is 20.5. The molecule has 3 rings (SSSR count). The molecule has 0 unspecified atom stereocenters. The first kappa shape index (κ1) is 8.71. The second-order valence-electron chi connectivity index (χ2n) is 4.15. The first-order chi connectivity index (χ1) is 7.11. The van der Waals surface area contributed by atoms with Crippen LogP contribution < -0.4 is 10.1 Å². The zero-order chi connectivity index (χ0) is 10.6. The predicted octanol–water partition coefficient (Wildman–Crippen LogP) is 2.00. The van der Waals surface area contributed by atoms with E-state index in [4.69, 9.17) is 4.74 Å². The number of rotatable bonds is 0. The molecule has 0 saturated heterocycles. The second-order valence-corrected chi connectivity index (χ2v) is 4.15. The summed E-state index contributed by atoms with van der Waals surface area (Å²) in [6.07, 6.45) is 1.43. The lowest BCUT2D eigenvalue weighted by molar-refractivity contribution is -0.125. The van der Waals surface area contributed by atoms with Crippen molar-refractivity contribution in [2.24, 2.45) is 0 Å². The van der Waals surface area contributed by atoms with E-state index >= 15 is 0 Å². The van der Waals surface area contributed by atoms with Crippen molar-refractivity contribution in [2.45, 2.75) is 25.4 Å². The van der Waals surface area contributed by atoms with Gasteiger partial charge in [0.25, 0.3) is 5.91 Å². The summed E-state index contributed by atoms with van der Waals surface area (Å²) in [5.41, 5.74) is 0.371. The Balaban J connectivity index is 2.09. The molecular formula is C11H10FNO2. The van der Waals surface area contributed by atoms with Gasteiger partial charge in [0.2, 0.25) is 0 Å². The van der Waals surface area contributed by atoms with E-state index in [1.807, 2.05) is 0 Å². The van der Waals surface area contributed by atoms with Gasteiger partial charge < -0.3 is 10.1 Å². The average molecular weight is 207 g/mol. The van der Waals surface area contributed by atoms with Crippen LogP contribution in [0.25, 0.3) is 0 Å². The summed E-state index contributed by atoms with van der Waals surface area (Å²) >= 11 is 0. The maximum Gasteiger partial charge on any atom is 0.268 e. The van der Waals surface area contributed by atoms with E-state index in [-0.39, 0.29) is 11.7 Å². The Bertz CT molecular complexity index is 466. The maximum absolute atomic E-state index is 13.3. The highest BCUT2D eigenvalue weighted by atomic mass is 19.1. The van der Waals surface area contributed by atoms with E-state index in [0.717, 1.165) is 0 Å². The number of carbonyl (C=O) groups is 1. The SMILES string of the molecule is Cc1cc2c(cc1F)OC1(CC1)C(=O)N2. The van der Waals surface area contributed by atoms with Crippen LogP contribution in [0, 0.1) is 12.7 Å². The third kappa shape index (κ3) is 1.14. The number of fused-ring (bicyclic) bond motifs is 1. The van der Waals surface area contributed by atoms with Crippen LogP contribution in [0.15, 0.2) is 12.1 Å². The monoisotopic (exact) mass is 207 g/mol. The molecular weight excluding hydrogens is 197 g/mol. The highest BCUT2D eigenvalue weighted by molar-refractivity contribution is 6.02. The van der Waals surface area contributed by atoms with Crippen LogP contribution in [-0.2, 0) is 4.79 Å². The van der Waals surface area contributed by atoms with Crippen molar-refractivity contribution in [3.05, 3.63) is 23.5 Å². The molecule has 0 atom stereocenters. The Morgan fingerprint density at radius 2 is 2.20 bits per heavy atom. The van der Waals surface area contributed by atoms with Crippen molar-refractivity contribution < 1.29 is 13.9 Å². The Kier molecular flexibility index (Phi) is 1.45. The van der Waals surface area contributed by atoms with Crippen molar-refractivity contribution in [3.63, 3.8) is 0 Å². The second kappa shape index (κ2) is 2.51. The first-order valence-corrected chi connectivity index (χ1v) is 4.91. The van der Waals surface area contributed by atoms with Crippen molar-refractivity contribution in [1.82, 2.24) is 0 Å². The molecule has 1 aromatic rings. The van der Waals surface area contributed by atoms with E-state index in [1.165, 1.54) is 6.07 Å². The maximum atomic E-state index is 13.3. The van der Waals surface area contributed by atoms with E-state index < -0.39 is 5.60 Å². The van der Waals surface area contributed by atoms with Gasteiger partial charge in [-0.15, -0.1) is 0 Å². The number of benzene rings is 1. The fourth-order valence-electron chi connectivity index (χ4n) is 1.78. The minimum atomic E-state index is -0.700. The summed E-state index contributed by atoms with van der Waals surface area (Å²) < 4.78 is 18.8. The largest absolute Gasteiger partial charge is 0.475 e. The van der Waals surface area contributed by atoms with Crippen LogP contribution in [0.2, 0.25) is 0 Å². The molecule has 1 spiro atoms. The molecule has 1 fully saturated rings. The smallest absolute Gasteiger partial charge is 0.268 e. The van der Waals surface area contributed by atoms with E-state index in [1.54, 1.807) is 13.0 Å². The highest BCUT2D eigenvalue weighted by Gasteiger charge is 2.55. The molecule has 15 heavy (non-hydrogen) atoms. The summed E-state index contributed by atoms with van der Waals surface area (Å²) in [5, 5.41) is 2.75. The molecule has 1 saturated carbocycles. The molecule has 0 radical (unpaired) electrons. The van der Waals surface area contributed by atoms with Crippen molar-refractivity contribution >= 4 is 11.6 Å².